The summed E-state index contributed by atoms with van der Waals surface area (Å²) in [7, 11) is 0. The highest BCUT2D eigenvalue weighted by atomic mass is 35.5. The lowest BCUT2D eigenvalue weighted by molar-refractivity contribution is 0.522. The van der Waals surface area contributed by atoms with E-state index >= 15 is 0 Å². The first-order valence-electron chi connectivity index (χ1n) is 5.33. The molecule has 0 aliphatic carbocycles. The van der Waals surface area contributed by atoms with Crippen LogP contribution in [0.4, 0.5) is 4.39 Å². The molecule has 4 heteroatoms. The third kappa shape index (κ3) is 4.32. The molecule has 0 heterocycles. The van der Waals surface area contributed by atoms with E-state index in [4.69, 9.17) is 11.6 Å². The van der Waals surface area contributed by atoms with Crippen molar-refractivity contribution >= 4 is 23.4 Å². The van der Waals surface area contributed by atoms with Gasteiger partial charge in [0.1, 0.15) is 5.82 Å². The minimum atomic E-state index is -0.198. The molecule has 0 aliphatic heterocycles. The van der Waals surface area contributed by atoms with E-state index in [2.05, 4.69) is 18.5 Å². The molecule has 1 aromatic carbocycles. The van der Waals surface area contributed by atoms with Gasteiger partial charge in [0, 0.05) is 28.9 Å². The molecule has 16 heavy (non-hydrogen) atoms. The number of nitrogens with one attached hydrogen (secondary N) is 1. The van der Waals surface area contributed by atoms with E-state index in [0.29, 0.717) is 23.2 Å². The monoisotopic (exact) mass is 261 g/mol. The van der Waals surface area contributed by atoms with Gasteiger partial charge in [0.15, 0.2) is 0 Å². The van der Waals surface area contributed by atoms with E-state index in [1.807, 2.05) is 0 Å². The van der Waals surface area contributed by atoms with E-state index in [1.54, 1.807) is 23.9 Å². The van der Waals surface area contributed by atoms with Gasteiger partial charge in [0.25, 0.3) is 0 Å². The van der Waals surface area contributed by atoms with Crippen molar-refractivity contribution in [3.63, 3.8) is 0 Å². The molecule has 0 aliphatic rings. The first-order valence-corrected chi connectivity index (χ1v) is 7.10. The molecule has 1 rings (SSSR count). The third-order valence-electron chi connectivity index (χ3n) is 2.45. The number of rotatable bonds is 6. The van der Waals surface area contributed by atoms with Crippen molar-refractivity contribution in [3.05, 3.63) is 34.6 Å². The maximum Gasteiger partial charge on any atom is 0.127 e. The summed E-state index contributed by atoms with van der Waals surface area (Å²) in [6.45, 7) is 2.66. The van der Waals surface area contributed by atoms with Crippen LogP contribution >= 0.6 is 23.4 Å². The summed E-state index contributed by atoms with van der Waals surface area (Å²) in [6, 6.07) is 5.08. The highest BCUT2D eigenvalue weighted by Gasteiger charge is 2.07. The van der Waals surface area contributed by atoms with Crippen molar-refractivity contribution in [1.82, 2.24) is 5.32 Å². The van der Waals surface area contributed by atoms with Gasteiger partial charge in [-0.1, -0.05) is 18.5 Å². The Balaban J connectivity index is 2.55. The van der Waals surface area contributed by atoms with Crippen molar-refractivity contribution < 1.29 is 4.39 Å². The summed E-state index contributed by atoms with van der Waals surface area (Å²) >= 11 is 7.62. The molecule has 0 amide bonds. The summed E-state index contributed by atoms with van der Waals surface area (Å²) in [6.07, 6.45) is 3.12. The topological polar surface area (TPSA) is 12.0 Å². The quantitative estimate of drug-likeness (QED) is 0.838. The summed E-state index contributed by atoms with van der Waals surface area (Å²) in [4.78, 5) is 0. The molecule has 0 saturated heterocycles. The largest absolute Gasteiger partial charge is 0.309 e. The van der Waals surface area contributed by atoms with Gasteiger partial charge in [-0.3, -0.25) is 0 Å². The van der Waals surface area contributed by atoms with Gasteiger partial charge < -0.3 is 5.32 Å². The molecule has 0 aromatic heterocycles. The first kappa shape index (κ1) is 13.8. The van der Waals surface area contributed by atoms with Gasteiger partial charge in [-0.25, -0.2) is 4.39 Å². The lowest BCUT2D eigenvalue weighted by Gasteiger charge is -2.16. The maximum atomic E-state index is 13.4. The third-order valence-corrected chi connectivity index (χ3v) is 3.42. The van der Waals surface area contributed by atoms with Crippen LogP contribution in [-0.4, -0.2) is 18.1 Å². The predicted octanol–water partition coefficient (Wildman–Crippen LogP) is 3.71. The van der Waals surface area contributed by atoms with Gasteiger partial charge in [-0.15, -0.1) is 0 Å². The van der Waals surface area contributed by atoms with Gasteiger partial charge in [0.2, 0.25) is 0 Å². The van der Waals surface area contributed by atoms with Crippen LogP contribution in [0.1, 0.15) is 18.9 Å². The van der Waals surface area contributed by atoms with Crippen LogP contribution < -0.4 is 5.32 Å². The van der Waals surface area contributed by atoms with Crippen molar-refractivity contribution in [3.8, 4) is 0 Å². The van der Waals surface area contributed by atoms with Crippen molar-refractivity contribution in [2.75, 3.05) is 12.0 Å². The predicted molar refractivity (Wildman–Crippen MR) is 70.7 cm³/mol. The second-order valence-electron chi connectivity index (χ2n) is 3.68. The molecule has 1 N–H and O–H groups in total. The van der Waals surface area contributed by atoms with Crippen LogP contribution in [0.3, 0.4) is 0 Å². The Morgan fingerprint density at radius 2 is 2.25 bits per heavy atom. The first-order chi connectivity index (χ1) is 7.67. The lowest BCUT2D eigenvalue weighted by Crippen LogP contribution is -2.30. The molecule has 90 valence electrons. The van der Waals surface area contributed by atoms with E-state index in [-0.39, 0.29) is 5.82 Å². The summed E-state index contributed by atoms with van der Waals surface area (Å²) in [5, 5.41) is 3.91. The van der Waals surface area contributed by atoms with Crippen LogP contribution in [-0.2, 0) is 6.54 Å². The summed E-state index contributed by atoms with van der Waals surface area (Å²) in [5.41, 5.74) is 0.632. The second-order valence-corrected chi connectivity index (χ2v) is 5.02. The van der Waals surface area contributed by atoms with Crippen molar-refractivity contribution in [2.45, 2.75) is 25.9 Å². The lowest BCUT2D eigenvalue weighted by atomic mass is 10.2. The number of thioether (sulfide) groups is 1. The van der Waals surface area contributed by atoms with Crippen LogP contribution in [0.5, 0.6) is 0 Å². The molecule has 0 fully saturated rings. The number of benzene rings is 1. The van der Waals surface area contributed by atoms with E-state index < -0.39 is 0 Å². The Morgan fingerprint density at radius 3 is 2.88 bits per heavy atom. The van der Waals surface area contributed by atoms with Crippen molar-refractivity contribution in [1.29, 1.82) is 0 Å². The zero-order valence-electron chi connectivity index (χ0n) is 9.59. The Kier molecular flexibility index (Phi) is 6.17. The van der Waals surface area contributed by atoms with Gasteiger partial charge in [0.05, 0.1) is 0 Å². The van der Waals surface area contributed by atoms with E-state index in [0.717, 1.165) is 12.2 Å². The van der Waals surface area contributed by atoms with Crippen LogP contribution in [0.25, 0.3) is 0 Å². The molecule has 0 spiro atoms. The molecule has 0 bridgehead atoms. The highest BCUT2D eigenvalue weighted by Crippen LogP contribution is 2.15. The number of hydrogen-bond donors (Lipinski definition) is 1. The van der Waals surface area contributed by atoms with E-state index in [9.17, 15) is 4.39 Å². The van der Waals surface area contributed by atoms with Crippen molar-refractivity contribution in [2.24, 2.45) is 0 Å². The molecule has 0 saturated carbocycles. The molecule has 1 aromatic rings. The fraction of sp³-hybridized carbons (Fsp3) is 0.500. The average Bonchev–Trinajstić information content (AvgIpc) is 2.28. The van der Waals surface area contributed by atoms with Gasteiger partial charge >= 0.3 is 0 Å². The minimum Gasteiger partial charge on any atom is -0.309 e. The van der Waals surface area contributed by atoms with Crippen LogP contribution in [0.15, 0.2) is 18.2 Å². The molecule has 1 nitrogen and oxygen atoms in total. The number of halogens is 2. The van der Waals surface area contributed by atoms with Gasteiger partial charge in [-0.2, -0.15) is 11.8 Å². The zero-order chi connectivity index (χ0) is 12.0. The minimum absolute atomic E-state index is 0.198. The maximum absolute atomic E-state index is 13.4. The molecule has 0 radical (unpaired) electrons. The standard InChI is InChI=1S/C12H17ClFNS/c1-3-11(8-16-2)15-7-9-6-10(13)4-5-12(9)14/h4-6,11,15H,3,7-8H2,1-2H3. The fourth-order valence-corrected chi connectivity index (χ4v) is 2.41. The molecular formula is C12H17ClFNS. The second kappa shape index (κ2) is 7.15. The molecule has 1 unspecified atom stereocenters. The number of hydrogen-bond acceptors (Lipinski definition) is 2. The highest BCUT2D eigenvalue weighted by molar-refractivity contribution is 7.98. The Labute approximate surface area is 106 Å². The smallest absolute Gasteiger partial charge is 0.127 e. The zero-order valence-corrected chi connectivity index (χ0v) is 11.2. The Bertz CT molecular complexity index is 333. The molecule has 1 atom stereocenters. The Hall–Kier alpha value is -0.250. The molecular weight excluding hydrogens is 245 g/mol. The fourth-order valence-electron chi connectivity index (χ4n) is 1.46. The van der Waals surface area contributed by atoms with Crippen LogP contribution in [0, 0.1) is 5.82 Å². The Morgan fingerprint density at radius 1 is 1.50 bits per heavy atom. The van der Waals surface area contributed by atoms with Gasteiger partial charge in [-0.05, 0) is 30.9 Å². The normalized spacial score (nSPS) is 12.8. The van der Waals surface area contributed by atoms with Crippen LogP contribution in [0.2, 0.25) is 5.02 Å². The SMILES string of the molecule is CCC(CSC)NCc1cc(Cl)ccc1F. The summed E-state index contributed by atoms with van der Waals surface area (Å²) < 4.78 is 13.4. The summed E-state index contributed by atoms with van der Waals surface area (Å²) in [5.74, 6) is 0.842. The van der Waals surface area contributed by atoms with E-state index in [1.165, 1.54) is 6.07 Å². The average molecular weight is 262 g/mol.